The summed E-state index contributed by atoms with van der Waals surface area (Å²) in [5.41, 5.74) is 8.57. The van der Waals surface area contributed by atoms with E-state index in [1.807, 2.05) is 0 Å². The highest BCUT2D eigenvalue weighted by atomic mass is 15.1. The molecule has 0 atom stereocenters. The van der Waals surface area contributed by atoms with Gasteiger partial charge in [-0.1, -0.05) is 38.1 Å². The monoisotopic (exact) mass is 274 g/mol. The summed E-state index contributed by atoms with van der Waals surface area (Å²) >= 11 is 0. The first-order valence-corrected chi connectivity index (χ1v) is 8.17. The van der Waals surface area contributed by atoms with Crippen LogP contribution in [0.15, 0.2) is 24.3 Å². The smallest absolute Gasteiger partial charge is 0.0233 e. The summed E-state index contributed by atoms with van der Waals surface area (Å²) < 4.78 is 0. The molecule has 2 rings (SSSR count). The molecule has 2 heteroatoms. The molecule has 1 aliphatic rings. The maximum atomic E-state index is 5.65. The van der Waals surface area contributed by atoms with Crippen LogP contribution < -0.4 is 5.73 Å². The maximum Gasteiger partial charge on any atom is 0.0233 e. The summed E-state index contributed by atoms with van der Waals surface area (Å²) in [5.74, 6) is 1.60. The fourth-order valence-corrected chi connectivity index (χ4v) is 3.18. The Labute approximate surface area is 124 Å². The summed E-state index contributed by atoms with van der Waals surface area (Å²) in [4.78, 5) is 2.59. The normalized spacial score (nSPS) is 17.8. The fourth-order valence-electron chi connectivity index (χ4n) is 3.18. The Morgan fingerprint density at radius 2 is 1.70 bits per heavy atom. The molecule has 0 spiro atoms. The van der Waals surface area contributed by atoms with Crippen molar-refractivity contribution >= 4 is 0 Å². The molecule has 1 saturated heterocycles. The first kappa shape index (κ1) is 15.5. The van der Waals surface area contributed by atoms with Crippen LogP contribution in [0.2, 0.25) is 0 Å². The quantitative estimate of drug-likeness (QED) is 0.861. The van der Waals surface area contributed by atoms with Crippen molar-refractivity contribution in [3.63, 3.8) is 0 Å². The molecular weight excluding hydrogens is 244 g/mol. The van der Waals surface area contributed by atoms with E-state index in [1.165, 1.54) is 49.9 Å². The molecule has 0 amide bonds. The molecular formula is C18H30N2. The van der Waals surface area contributed by atoms with Gasteiger partial charge in [-0.2, -0.15) is 0 Å². The minimum atomic E-state index is 0.738. The van der Waals surface area contributed by atoms with Crippen LogP contribution in [0.4, 0.5) is 0 Å². The number of likely N-dealkylation sites (tertiary alicyclic amines) is 1. The fraction of sp³-hybridized carbons (Fsp3) is 0.667. The molecule has 0 saturated carbocycles. The number of hydrogen-bond donors (Lipinski definition) is 1. The van der Waals surface area contributed by atoms with Crippen LogP contribution in [-0.4, -0.2) is 24.5 Å². The van der Waals surface area contributed by atoms with E-state index in [1.54, 1.807) is 0 Å². The van der Waals surface area contributed by atoms with Gasteiger partial charge in [0.2, 0.25) is 0 Å². The number of hydrogen-bond acceptors (Lipinski definition) is 2. The van der Waals surface area contributed by atoms with E-state index in [0.717, 1.165) is 24.9 Å². The molecule has 1 heterocycles. The Balaban J connectivity index is 1.79. The Hall–Kier alpha value is -0.860. The van der Waals surface area contributed by atoms with Crippen LogP contribution in [-0.2, 0) is 13.0 Å². The van der Waals surface area contributed by atoms with Gasteiger partial charge in [0.15, 0.2) is 0 Å². The molecule has 20 heavy (non-hydrogen) atoms. The maximum absolute atomic E-state index is 5.65. The van der Waals surface area contributed by atoms with E-state index < -0.39 is 0 Å². The standard InChI is InChI=1S/C18H30N2/c1-15(2)13-17-3-5-18(6-4-17)14-20-11-8-16(7-10-19)9-12-20/h3-6,15-16H,7-14,19H2,1-2H3. The topological polar surface area (TPSA) is 29.3 Å². The van der Waals surface area contributed by atoms with Crippen molar-refractivity contribution in [2.45, 2.75) is 46.1 Å². The van der Waals surface area contributed by atoms with Crippen molar-refractivity contribution in [2.75, 3.05) is 19.6 Å². The van der Waals surface area contributed by atoms with Gasteiger partial charge in [-0.05, 0) is 68.3 Å². The zero-order valence-corrected chi connectivity index (χ0v) is 13.1. The van der Waals surface area contributed by atoms with Crippen LogP contribution >= 0.6 is 0 Å². The Morgan fingerprint density at radius 1 is 1.10 bits per heavy atom. The van der Waals surface area contributed by atoms with Gasteiger partial charge in [-0.15, -0.1) is 0 Å². The zero-order valence-electron chi connectivity index (χ0n) is 13.1. The SMILES string of the molecule is CC(C)Cc1ccc(CN2CCC(CCN)CC2)cc1. The number of nitrogens with zero attached hydrogens (tertiary/aromatic N) is 1. The molecule has 1 aromatic rings. The average Bonchev–Trinajstić information content (AvgIpc) is 2.43. The molecule has 1 fully saturated rings. The van der Waals surface area contributed by atoms with Crippen LogP contribution in [0, 0.1) is 11.8 Å². The van der Waals surface area contributed by atoms with Crippen molar-refractivity contribution < 1.29 is 0 Å². The van der Waals surface area contributed by atoms with E-state index in [4.69, 9.17) is 5.73 Å². The minimum Gasteiger partial charge on any atom is -0.330 e. The highest BCUT2D eigenvalue weighted by Gasteiger charge is 2.18. The van der Waals surface area contributed by atoms with Crippen LogP contribution in [0.5, 0.6) is 0 Å². The summed E-state index contributed by atoms with van der Waals surface area (Å²) in [7, 11) is 0. The van der Waals surface area contributed by atoms with Crippen LogP contribution in [0.25, 0.3) is 0 Å². The molecule has 2 nitrogen and oxygen atoms in total. The molecule has 0 unspecified atom stereocenters. The Morgan fingerprint density at radius 3 is 2.25 bits per heavy atom. The van der Waals surface area contributed by atoms with Gasteiger partial charge in [0.05, 0.1) is 0 Å². The van der Waals surface area contributed by atoms with E-state index in [-0.39, 0.29) is 0 Å². The van der Waals surface area contributed by atoms with Gasteiger partial charge < -0.3 is 5.73 Å². The molecule has 0 radical (unpaired) electrons. The number of rotatable bonds is 6. The predicted molar refractivity (Wildman–Crippen MR) is 86.7 cm³/mol. The molecule has 112 valence electrons. The third kappa shape index (κ3) is 4.92. The van der Waals surface area contributed by atoms with Crippen molar-refractivity contribution in [2.24, 2.45) is 17.6 Å². The number of benzene rings is 1. The summed E-state index contributed by atoms with van der Waals surface area (Å²) in [5, 5.41) is 0. The molecule has 0 aliphatic carbocycles. The van der Waals surface area contributed by atoms with E-state index in [2.05, 4.69) is 43.0 Å². The first-order valence-electron chi connectivity index (χ1n) is 8.17. The second kappa shape index (κ2) is 7.80. The summed E-state index contributed by atoms with van der Waals surface area (Å²) in [6.07, 6.45) is 5.04. The number of piperidine rings is 1. The second-order valence-electron chi connectivity index (χ2n) is 6.71. The second-order valence-corrected chi connectivity index (χ2v) is 6.71. The van der Waals surface area contributed by atoms with Crippen molar-refractivity contribution in [1.82, 2.24) is 4.90 Å². The van der Waals surface area contributed by atoms with Gasteiger partial charge in [-0.3, -0.25) is 4.90 Å². The lowest BCUT2D eigenvalue weighted by atomic mass is 9.93. The van der Waals surface area contributed by atoms with Crippen molar-refractivity contribution in [1.29, 1.82) is 0 Å². The highest BCUT2D eigenvalue weighted by molar-refractivity contribution is 5.22. The van der Waals surface area contributed by atoms with Gasteiger partial charge in [0.1, 0.15) is 0 Å². The van der Waals surface area contributed by atoms with Crippen molar-refractivity contribution in [3.8, 4) is 0 Å². The first-order chi connectivity index (χ1) is 9.67. The third-order valence-corrected chi connectivity index (χ3v) is 4.36. The average molecular weight is 274 g/mol. The summed E-state index contributed by atoms with van der Waals surface area (Å²) in [6, 6.07) is 9.22. The van der Waals surface area contributed by atoms with Gasteiger partial charge in [0, 0.05) is 6.54 Å². The van der Waals surface area contributed by atoms with E-state index in [0.29, 0.717) is 0 Å². The lowest BCUT2D eigenvalue weighted by Crippen LogP contribution is -2.33. The van der Waals surface area contributed by atoms with Crippen LogP contribution in [0.3, 0.4) is 0 Å². The Kier molecular flexibility index (Phi) is 6.06. The molecule has 0 aromatic heterocycles. The van der Waals surface area contributed by atoms with Crippen molar-refractivity contribution in [3.05, 3.63) is 35.4 Å². The molecule has 1 aliphatic heterocycles. The summed E-state index contributed by atoms with van der Waals surface area (Å²) in [6.45, 7) is 8.98. The van der Waals surface area contributed by atoms with E-state index >= 15 is 0 Å². The molecule has 0 bridgehead atoms. The number of nitrogens with two attached hydrogens (primary N) is 1. The zero-order chi connectivity index (χ0) is 14.4. The lowest BCUT2D eigenvalue weighted by Gasteiger charge is -2.31. The third-order valence-electron chi connectivity index (χ3n) is 4.36. The van der Waals surface area contributed by atoms with Gasteiger partial charge in [0.25, 0.3) is 0 Å². The highest BCUT2D eigenvalue weighted by Crippen LogP contribution is 2.21. The minimum absolute atomic E-state index is 0.738. The van der Waals surface area contributed by atoms with Gasteiger partial charge in [-0.25, -0.2) is 0 Å². The lowest BCUT2D eigenvalue weighted by molar-refractivity contribution is 0.173. The molecule has 1 aromatic carbocycles. The predicted octanol–water partition coefficient (Wildman–Crippen LogP) is 3.45. The van der Waals surface area contributed by atoms with E-state index in [9.17, 15) is 0 Å². The molecule has 2 N–H and O–H groups in total. The van der Waals surface area contributed by atoms with Crippen LogP contribution in [0.1, 0.15) is 44.2 Å². The van der Waals surface area contributed by atoms with Gasteiger partial charge >= 0.3 is 0 Å². The Bertz CT molecular complexity index is 375. The largest absolute Gasteiger partial charge is 0.330 e.